The molecule has 6 nitrogen and oxygen atoms in total. The fourth-order valence-corrected chi connectivity index (χ4v) is 4.00. The average Bonchev–Trinajstić information content (AvgIpc) is 3.11. The highest BCUT2D eigenvalue weighted by Crippen LogP contribution is 2.35. The van der Waals surface area contributed by atoms with Crippen molar-refractivity contribution in [2.24, 2.45) is 0 Å². The van der Waals surface area contributed by atoms with E-state index >= 15 is 0 Å². The van der Waals surface area contributed by atoms with Crippen molar-refractivity contribution in [1.29, 1.82) is 0 Å². The first-order valence-electron chi connectivity index (χ1n) is 7.43. The van der Waals surface area contributed by atoms with Crippen LogP contribution < -0.4 is 14.8 Å². The van der Waals surface area contributed by atoms with Gasteiger partial charge >= 0.3 is 5.97 Å². The molecule has 1 aliphatic carbocycles. The molecule has 0 saturated carbocycles. The van der Waals surface area contributed by atoms with Crippen molar-refractivity contribution < 1.29 is 14.3 Å². The number of rotatable bonds is 2. The Hall–Kier alpha value is -2.67. The molecule has 3 aromatic rings. The smallest absolute Gasteiger partial charge is 0.332 e. The molecule has 0 radical (unpaired) electrons. The van der Waals surface area contributed by atoms with Crippen LogP contribution in [0.4, 0.5) is 0 Å². The summed E-state index contributed by atoms with van der Waals surface area (Å²) in [6.07, 6.45) is 2.76. The number of hydrogen-bond donors (Lipinski definition) is 0. The van der Waals surface area contributed by atoms with Gasteiger partial charge < -0.3 is 9.47 Å². The molecule has 0 fully saturated rings. The molecule has 24 heavy (non-hydrogen) atoms. The molecule has 122 valence electrons. The Labute approximate surface area is 141 Å². The molecule has 0 unspecified atom stereocenters. The van der Waals surface area contributed by atoms with Gasteiger partial charge in [-0.1, -0.05) is 11.3 Å². The number of carbonyl (C=O) groups is 1. The summed E-state index contributed by atoms with van der Waals surface area (Å²) in [6.45, 7) is 0. The van der Waals surface area contributed by atoms with E-state index in [9.17, 15) is 9.59 Å². The first-order valence-corrected chi connectivity index (χ1v) is 8.25. The Kier molecular flexibility index (Phi) is 3.38. The molecule has 7 heteroatoms. The predicted octanol–water partition coefficient (Wildman–Crippen LogP) is 1.20. The van der Waals surface area contributed by atoms with E-state index in [2.05, 4.69) is 9.72 Å². The van der Waals surface area contributed by atoms with Crippen LogP contribution in [-0.4, -0.2) is 29.6 Å². The lowest BCUT2D eigenvalue weighted by Gasteiger charge is -2.16. The summed E-state index contributed by atoms with van der Waals surface area (Å²) in [5, 5.41) is 0. The van der Waals surface area contributed by atoms with E-state index in [0.29, 0.717) is 9.49 Å². The van der Waals surface area contributed by atoms with Gasteiger partial charge in [0.15, 0.2) is 4.96 Å². The molecule has 2 aromatic heterocycles. The van der Waals surface area contributed by atoms with E-state index in [1.54, 1.807) is 11.5 Å². The molecule has 2 heterocycles. The van der Waals surface area contributed by atoms with Crippen LogP contribution in [0.5, 0.6) is 5.75 Å². The standard InChI is InChI=1S/C17H14N2O4S/c1-22-10-4-5-11-9(7-10)3-6-12-15(11)18-17-19(12)16(21)13(24-17)8-14(20)23-2/h4-5,7-8H,3,6H2,1-2H3/b13-8+. The molecule has 0 amide bonds. The fraction of sp³-hybridized carbons (Fsp3) is 0.235. The quantitative estimate of drug-likeness (QED) is 0.655. The molecule has 0 N–H and O–H groups in total. The van der Waals surface area contributed by atoms with Crippen LogP contribution in [0.1, 0.15) is 11.3 Å². The molecule has 4 rings (SSSR count). The molecule has 1 aliphatic rings. The number of aromatic nitrogens is 2. The summed E-state index contributed by atoms with van der Waals surface area (Å²) < 4.78 is 11.8. The molecular weight excluding hydrogens is 328 g/mol. The van der Waals surface area contributed by atoms with Crippen LogP contribution in [0, 0.1) is 0 Å². The number of nitrogens with zero attached hydrogens (tertiary/aromatic N) is 2. The molecule has 0 bridgehead atoms. The third-order valence-corrected chi connectivity index (χ3v) is 5.17. The van der Waals surface area contributed by atoms with Gasteiger partial charge in [0, 0.05) is 11.6 Å². The number of thiazole rings is 1. The zero-order valence-electron chi connectivity index (χ0n) is 13.2. The molecule has 0 aliphatic heterocycles. The van der Waals surface area contributed by atoms with E-state index in [4.69, 9.17) is 4.74 Å². The van der Waals surface area contributed by atoms with Gasteiger partial charge in [-0.25, -0.2) is 9.78 Å². The Morgan fingerprint density at radius 3 is 2.92 bits per heavy atom. The van der Waals surface area contributed by atoms with Gasteiger partial charge in [0.1, 0.15) is 10.3 Å². The highest BCUT2D eigenvalue weighted by atomic mass is 32.1. The van der Waals surface area contributed by atoms with Crippen molar-refractivity contribution >= 4 is 28.3 Å². The first-order chi connectivity index (χ1) is 11.6. The highest BCUT2D eigenvalue weighted by Gasteiger charge is 2.24. The van der Waals surface area contributed by atoms with Crippen molar-refractivity contribution in [2.75, 3.05) is 14.2 Å². The lowest BCUT2D eigenvalue weighted by Crippen LogP contribution is -2.26. The summed E-state index contributed by atoms with van der Waals surface area (Å²) >= 11 is 1.20. The number of fused-ring (bicyclic) bond motifs is 5. The Morgan fingerprint density at radius 2 is 2.17 bits per heavy atom. The topological polar surface area (TPSA) is 69.9 Å². The Morgan fingerprint density at radius 1 is 1.33 bits per heavy atom. The second-order valence-corrected chi connectivity index (χ2v) is 6.50. The Balaban J connectivity index is 1.93. The van der Waals surface area contributed by atoms with Gasteiger partial charge in [0.25, 0.3) is 5.56 Å². The van der Waals surface area contributed by atoms with Gasteiger partial charge in [0.2, 0.25) is 0 Å². The zero-order chi connectivity index (χ0) is 16.8. The maximum atomic E-state index is 12.6. The van der Waals surface area contributed by atoms with E-state index in [1.807, 2.05) is 18.2 Å². The van der Waals surface area contributed by atoms with Gasteiger partial charge in [0.05, 0.1) is 25.6 Å². The van der Waals surface area contributed by atoms with Gasteiger partial charge in [-0.2, -0.15) is 0 Å². The summed E-state index contributed by atoms with van der Waals surface area (Å²) in [5.41, 5.74) is 3.72. The predicted molar refractivity (Wildman–Crippen MR) is 90.4 cm³/mol. The minimum atomic E-state index is -0.539. The Bertz CT molecular complexity index is 1080. The van der Waals surface area contributed by atoms with Gasteiger partial charge in [-0.15, -0.1) is 0 Å². The third-order valence-electron chi connectivity index (χ3n) is 4.21. The second-order valence-electron chi connectivity index (χ2n) is 5.49. The first kappa shape index (κ1) is 14.9. The number of methoxy groups -OCH3 is 2. The minimum absolute atomic E-state index is 0.217. The lowest BCUT2D eigenvalue weighted by molar-refractivity contribution is -0.133. The maximum absolute atomic E-state index is 12.6. The average molecular weight is 342 g/mol. The number of hydrogen-bond acceptors (Lipinski definition) is 6. The molecule has 0 spiro atoms. The third kappa shape index (κ3) is 2.12. The summed E-state index contributed by atoms with van der Waals surface area (Å²) in [4.78, 5) is 29.2. The molecule has 0 atom stereocenters. The van der Waals surface area contributed by atoms with Crippen molar-refractivity contribution in [3.05, 3.63) is 44.3 Å². The SMILES string of the molecule is COC(=O)/C=c1/sc2nc3c(n2c1=O)CCc1cc(OC)ccc1-3. The lowest BCUT2D eigenvalue weighted by atomic mass is 9.92. The fourth-order valence-electron chi connectivity index (χ4n) is 3.05. The van der Waals surface area contributed by atoms with Gasteiger partial charge in [-0.3, -0.25) is 9.20 Å². The zero-order valence-corrected chi connectivity index (χ0v) is 14.0. The van der Waals surface area contributed by atoms with Crippen molar-refractivity contribution in [2.45, 2.75) is 12.8 Å². The molecular formula is C17H14N2O4S. The van der Waals surface area contributed by atoms with Gasteiger partial charge in [-0.05, 0) is 36.6 Å². The molecule has 1 aromatic carbocycles. The number of ether oxygens (including phenoxy) is 2. The van der Waals surface area contributed by atoms with Crippen LogP contribution in [0.25, 0.3) is 22.3 Å². The van der Waals surface area contributed by atoms with Crippen LogP contribution in [0.15, 0.2) is 23.0 Å². The van der Waals surface area contributed by atoms with Crippen LogP contribution in [-0.2, 0) is 22.4 Å². The summed E-state index contributed by atoms with van der Waals surface area (Å²) in [5.74, 6) is 0.278. The largest absolute Gasteiger partial charge is 0.497 e. The normalized spacial score (nSPS) is 13.7. The number of imidazole rings is 1. The van der Waals surface area contributed by atoms with Crippen molar-refractivity contribution in [3.63, 3.8) is 0 Å². The minimum Gasteiger partial charge on any atom is -0.497 e. The van der Waals surface area contributed by atoms with E-state index in [1.165, 1.54) is 30.1 Å². The summed E-state index contributed by atoms with van der Waals surface area (Å²) in [6, 6.07) is 5.89. The van der Waals surface area contributed by atoms with Crippen LogP contribution >= 0.6 is 11.3 Å². The monoisotopic (exact) mass is 342 g/mol. The van der Waals surface area contributed by atoms with Crippen molar-refractivity contribution in [1.82, 2.24) is 9.38 Å². The maximum Gasteiger partial charge on any atom is 0.332 e. The van der Waals surface area contributed by atoms with E-state index < -0.39 is 5.97 Å². The molecule has 0 saturated heterocycles. The number of carbonyl (C=O) groups excluding carboxylic acids is 1. The van der Waals surface area contributed by atoms with E-state index in [-0.39, 0.29) is 5.56 Å². The number of esters is 1. The van der Waals surface area contributed by atoms with Crippen LogP contribution in [0.2, 0.25) is 0 Å². The number of benzene rings is 1. The number of aryl methyl sites for hydroxylation is 2. The highest BCUT2D eigenvalue weighted by molar-refractivity contribution is 7.15. The van der Waals surface area contributed by atoms with Crippen LogP contribution in [0.3, 0.4) is 0 Å². The summed E-state index contributed by atoms with van der Waals surface area (Å²) in [7, 11) is 2.93. The van der Waals surface area contributed by atoms with E-state index in [0.717, 1.165) is 35.5 Å². The van der Waals surface area contributed by atoms with Crippen molar-refractivity contribution in [3.8, 4) is 17.0 Å². The second kappa shape index (κ2) is 5.45.